The van der Waals surface area contributed by atoms with Crippen LogP contribution in [-0.4, -0.2) is 69.3 Å². The van der Waals surface area contributed by atoms with Gasteiger partial charge in [0.1, 0.15) is 23.2 Å². The number of aldehydes is 1. The van der Waals surface area contributed by atoms with Crippen LogP contribution in [0.5, 0.6) is 11.5 Å². The minimum absolute atomic E-state index is 0.176. The number of hydrogen-bond donors (Lipinski definition) is 2. The molecule has 2 N–H and O–H groups in total. The van der Waals surface area contributed by atoms with E-state index < -0.39 is 23.0 Å². The van der Waals surface area contributed by atoms with Crippen LogP contribution in [-0.2, 0) is 25.4 Å². The minimum Gasteiger partial charge on any atom is -0.493 e. The standard InChI is InChI=1S/C33H56N2O7/c1-22(2)25(17-24-13-14-27(39-11)28(18-24)40-16-12-15-38-10)19-26(29-20-34-32(8,9)41-29)33(21-36,23(3)4)35-30(37)42-31(5,6)7/h13-14,18,21-23,25-26,29,34H,12,15-17,19-20H2,1-11H3,(H,35,37)/t25-,26?,29-,33+/m1/s1. The molecule has 2 rings (SSSR count). The Morgan fingerprint density at radius 1 is 1.14 bits per heavy atom. The number of nitrogens with one attached hydrogen (secondary N) is 2. The van der Waals surface area contributed by atoms with E-state index in [9.17, 15) is 9.59 Å². The number of methoxy groups -OCH3 is 2. The molecule has 1 unspecified atom stereocenters. The SMILES string of the molecule is COCCCOc1cc(C[C@H](CC([C@H]2CNC(C)(C)O2)[C@@](C=O)(NC(=O)OC(C)(C)C)C(C)C)C(C)C)ccc1OC. The molecule has 4 atom stereocenters. The van der Waals surface area contributed by atoms with Gasteiger partial charge in [0.05, 0.1) is 19.8 Å². The molecule has 9 heteroatoms. The summed E-state index contributed by atoms with van der Waals surface area (Å²) in [6, 6.07) is 6.05. The van der Waals surface area contributed by atoms with E-state index in [0.717, 1.165) is 24.7 Å². The number of ether oxygens (including phenoxy) is 5. The van der Waals surface area contributed by atoms with Gasteiger partial charge >= 0.3 is 6.09 Å². The summed E-state index contributed by atoms with van der Waals surface area (Å²) in [5.74, 6) is 1.33. The summed E-state index contributed by atoms with van der Waals surface area (Å²) in [5, 5.41) is 6.46. The van der Waals surface area contributed by atoms with E-state index in [-0.39, 0.29) is 23.9 Å². The summed E-state index contributed by atoms with van der Waals surface area (Å²) in [5.41, 5.74) is -1.32. The maximum atomic E-state index is 13.1. The van der Waals surface area contributed by atoms with Gasteiger partial charge in [-0.05, 0) is 82.9 Å². The lowest BCUT2D eigenvalue weighted by atomic mass is 9.68. The minimum atomic E-state index is -1.20. The van der Waals surface area contributed by atoms with Crippen molar-refractivity contribution in [3.8, 4) is 11.5 Å². The second-order valence-corrected chi connectivity index (χ2v) is 13.6. The van der Waals surface area contributed by atoms with Crippen molar-refractivity contribution < 1.29 is 33.3 Å². The van der Waals surface area contributed by atoms with Crippen molar-refractivity contribution in [3.05, 3.63) is 23.8 Å². The Hall–Kier alpha value is -2.36. The number of carbonyl (C=O) groups is 2. The van der Waals surface area contributed by atoms with Crippen molar-refractivity contribution in [1.82, 2.24) is 10.6 Å². The van der Waals surface area contributed by atoms with Gasteiger partial charge in [0.25, 0.3) is 0 Å². The lowest BCUT2D eigenvalue weighted by Crippen LogP contribution is -2.63. The number of rotatable bonds is 16. The smallest absolute Gasteiger partial charge is 0.408 e. The number of hydrogen-bond acceptors (Lipinski definition) is 8. The zero-order valence-corrected chi connectivity index (χ0v) is 27.8. The fourth-order valence-electron chi connectivity index (χ4n) is 5.65. The molecular weight excluding hydrogens is 536 g/mol. The molecule has 42 heavy (non-hydrogen) atoms. The van der Waals surface area contributed by atoms with Crippen molar-refractivity contribution in [2.75, 3.05) is 34.0 Å². The van der Waals surface area contributed by atoms with Crippen LogP contribution in [0.4, 0.5) is 4.79 Å². The Kier molecular flexibility index (Phi) is 13.1. The number of carbonyl (C=O) groups excluding carboxylic acids is 2. The van der Waals surface area contributed by atoms with Crippen molar-refractivity contribution >= 4 is 12.4 Å². The molecule has 1 aromatic carbocycles. The quantitative estimate of drug-likeness (QED) is 0.184. The molecule has 0 radical (unpaired) electrons. The van der Waals surface area contributed by atoms with E-state index in [4.69, 9.17) is 23.7 Å². The van der Waals surface area contributed by atoms with E-state index >= 15 is 0 Å². The van der Waals surface area contributed by atoms with E-state index in [0.29, 0.717) is 43.6 Å². The molecule has 0 bridgehead atoms. The Morgan fingerprint density at radius 2 is 1.83 bits per heavy atom. The fourth-order valence-corrected chi connectivity index (χ4v) is 5.65. The third-order valence-corrected chi connectivity index (χ3v) is 8.08. The Balaban J connectivity index is 2.45. The molecule has 0 spiro atoms. The van der Waals surface area contributed by atoms with Gasteiger partial charge in [-0.15, -0.1) is 0 Å². The summed E-state index contributed by atoms with van der Waals surface area (Å²) < 4.78 is 28.9. The highest BCUT2D eigenvalue weighted by molar-refractivity contribution is 5.77. The maximum Gasteiger partial charge on any atom is 0.408 e. The second kappa shape index (κ2) is 15.4. The molecule has 1 aliphatic rings. The van der Waals surface area contributed by atoms with Crippen molar-refractivity contribution in [2.45, 2.75) is 105 Å². The van der Waals surface area contributed by atoms with Gasteiger partial charge in [-0.1, -0.05) is 33.8 Å². The third-order valence-electron chi connectivity index (χ3n) is 8.08. The van der Waals surface area contributed by atoms with Crippen LogP contribution in [0.3, 0.4) is 0 Å². The molecule has 240 valence electrons. The monoisotopic (exact) mass is 592 g/mol. The van der Waals surface area contributed by atoms with E-state index in [1.165, 1.54) is 0 Å². The highest BCUT2D eigenvalue weighted by atomic mass is 16.6. The number of amides is 1. The maximum absolute atomic E-state index is 13.1. The average Bonchev–Trinajstić information content (AvgIpc) is 3.25. The van der Waals surface area contributed by atoms with Gasteiger partial charge in [0, 0.05) is 32.6 Å². The number of benzene rings is 1. The first kappa shape index (κ1) is 35.8. The van der Waals surface area contributed by atoms with Crippen LogP contribution >= 0.6 is 0 Å². The molecule has 1 heterocycles. The van der Waals surface area contributed by atoms with Crippen molar-refractivity contribution in [3.63, 3.8) is 0 Å². The highest BCUT2D eigenvalue weighted by Gasteiger charge is 2.51. The summed E-state index contributed by atoms with van der Waals surface area (Å²) >= 11 is 0. The summed E-state index contributed by atoms with van der Waals surface area (Å²) in [6.45, 7) is 19.5. The van der Waals surface area contributed by atoms with Gasteiger partial charge < -0.3 is 33.8 Å². The van der Waals surface area contributed by atoms with E-state index in [1.54, 1.807) is 14.2 Å². The van der Waals surface area contributed by atoms with E-state index in [2.05, 4.69) is 30.5 Å². The highest BCUT2D eigenvalue weighted by Crippen LogP contribution is 2.40. The number of alkyl carbamates (subject to hydrolysis) is 1. The van der Waals surface area contributed by atoms with Crippen LogP contribution in [0.25, 0.3) is 0 Å². The molecule has 0 saturated carbocycles. The van der Waals surface area contributed by atoms with Crippen LogP contribution < -0.4 is 20.1 Å². The molecular formula is C33H56N2O7. The lowest BCUT2D eigenvalue weighted by Gasteiger charge is -2.44. The van der Waals surface area contributed by atoms with Crippen molar-refractivity contribution in [1.29, 1.82) is 0 Å². The Morgan fingerprint density at radius 3 is 2.33 bits per heavy atom. The molecule has 1 amide bonds. The largest absolute Gasteiger partial charge is 0.493 e. The van der Waals surface area contributed by atoms with Crippen LogP contribution in [0.1, 0.15) is 80.7 Å². The molecule has 1 saturated heterocycles. The molecule has 0 aromatic heterocycles. The molecule has 0 aliphatic carbocycles. The Bertz CT molecular complexity index is 1000. The second-order valence-electron chi connectivity index (χ2n) is 13.6. The first-order valence-corrected chi connectivity index (χ1v) is 15.3. The third kappa shape index (κ3) is 10.1. The van der Waals surface area contributed by atoms with Gasteiger partial charge in [0.15, 0.2) is 11.5 Å². The predicted molar refractivity (Wildman–Crippen MR) is 165 cm³/mol. The molecule has 1 aromatic rings. The summed E-state index contributed by atoms with van der Waals surface area (Å²) in [4.78, 5) is 26.3. The van der Waals surface area contributed by atoms with Gasteiger partial charge in [-0.25, -0.2) is 4.79 Å². The molecule has 9 nitrogen and oxygen atoms in total. The summed E-state index contributed by atoms with van der Waals surface area (Å²) in [7, 11) is 3.31. The van der Waals surface area contributed by atoms with Gasteiger partial charge in [0.2, 0.25) is 0 Å². The lowest BCUT2D eigenvalue weighted by molar-refractivity contribution is -0.125. The molecule has 1 aliphatic heterocycles. The predicted octanol–water partition coefficient (Wildman–Crippen LogP) is 5.77. The zero-order valence-electron chi connectivity index (χ0n) is 27.8. The Labute approximate surface area is 253 Å². The normalized spacial score (nSPS) is 19.7. The van der Waals surface area contributed by atoms with E-state index in [1.807, 2.05) is 60.6 Å². The van der Waals surface area contributed by atoms with Gasteiger partial charge in [-0.3, -0.25) is 5.32 Å². The average molecular weight is 593 g/mol. The zero-order chi connectivity index (χ0) is 31.7. The first-order chi connectivity index (χ1) is 19.6. The molecule has 1 fully saturated rings. The van der Waals surface area contributed by atoms with Crippen LogP contribution in [0.15, 0.2) is 18.2 Å². The summed E-state index contributed by atoms with van der Waals surface area (Å²) in [6.07, 6.45) is 2.19. The fraction of sp³-hybridized carbons (Fsp3) is 0.758. The van der Waals surface area contributed by atoms with Crippen LogP contribution in [0.2, 0.25) is 0 Å². The topological polar surface area (TPSA) is 104 Å². The van der Waals surface area contributed by atoms with Crippen LogP contribution in [0, 0.1) is 23.7 Å². The van der Waals surface area contributed by atoms with Crippen molar-refractivity contribution in [2.24, 2.45) is 23.7 Å². The van der Waals surface area contributed by atoms with Gasteiger partial charge in [-0.2, -0.15) is 0 Å². The first-order valence-electron chi connectivity index (χ1n) is 15.3.